The second kappa shape index (κ2) is 3.85. The molecule has 1 aromatic carbocycles. The van der Waals surface area contributed by atoms with Crippen LogP contribution in [0.4, 0.5) is 11.4 Å². The van der Waals surface area contributed by atoms with Gasteiger partial charge in [0.05, 0.1) is 11.2 Å². The van der Waals surface area contributed by atoms with Crippen molar-refractivity contribution in [2.75, 3.05) is 11.0 Å². The van der Waals surface area contributed by atoms with Gasteiger partial charge >= 0.3 is 0 Å². The van der Waals surface area contributed by atoms with Crippen LogP contribution < -0.4 is 4.72 Å². The minimum absolute atomic E-state index is 0.0116. The monoisotopic (exact) mass is 230 g/mol. The van der Waals surface area contributed by atoms with Crippen LogP contribution in [0.1, 0.15) is 5.56 Å². The fourth-order valence-electron chi connectivity index (χ4n) is 1.09. The van der Waals surface area contributed by atoms with Crippen molar-refractivity contribution in [1.29, 1.82) is 0 Å². The number of anilines is 1. The number of aryl methyl sites for hydroxylation is 1. The smallest absolute Gasteiger partial charge is 0.277 e. The van der Waals surface area contributed by atoms with Crippen LogP contribution in [0.15, 0.2) is 18.2 Å². The standard InChI is InChI=1S/C8H10N2O4S/c1-6-3-4-8(10(11)12)7(5-6)9-15(2,13)14/h3-5,9H,1-2H3. The SMILES string of the molecule is Cc1ccc([N+](=O)[O-])c(NS(C)(=O)=O)c1. The van der Waals surface area contributed by atoms with Crippen molar-refractivity contribution in [2.45, 2.75) is 6.92 Å². The first-order chi connectivity index (χ1) is 6.79. The molecule has 0 unspecified atom stereocenters. The third kappa shape index (κ3) is 3.21. The fraction of sp³-hybridized carbons (Fsp3) is 0.250. The predicted molar refractivity (Wildman–Crippen MR) is 56.3 cm³/mol. The topological polar surface area (TPSA) is 89.3 Å². The molecular formula is C8H10N2O4S. The summed E-state index contributed by atoms with van der Waals surface area (Å²) in [6, 6.07) is 4.23. The maximum Gasteiger partial charge on any atom is 0.293 e. The van der Waals surface area contributed by atoms with E-state index < -0.39 is 14.9 Å². The molecule has 1 aromatic rings. The molecule has 0 radical (unpaired) electrons. The molecule has 0 heterocycles. The largest absolute Gasteiger partial charge is 0.293 e. The highest BCUT2D eigenvalue weighted by Gasteiger charge is 2.15. The number of nitrogens with zero attached hydrogens (tertiary/aromatic N) is 1. The van der Waals surface area contributed by atoms with Crippen LogP contribution in [0.25, 0.3) is 0 Å². The molecule has 6 nitrogen and oxygen atoms in total. The Bertz CT molecular complexity index is 495. The van der Waals surface area contributed by atoms with Gasteiger partial charge in [0.25, 0.3) is 5.69 Å². The van der Waals surface area contributed by atoms with Gasteiger partial charge in [-0.05, 0) is 18.6 Å². The van der Waals surface area contributed by atoms with Gasteiger partial charge < -0.3 is 0 Å². The number of nitrogens with one attached hydrogen (secondary N) is 1. The molecule has 0 spiro atoms. The zero-order chi connectivity index (χ0) is 11.6. The molecule has 0 saturated heterocycles. The minimum atomic E-state index is -3.50. The van der Waals surface area contributed by atoms with Gasteiger partial charge in [-0.15, -0.1) is 0 Å². The van der Waals surface area contributed by atoms with Crippen LogP contribution in [-0.2, 0) is 10.0 Å². The predicted octanol–water partition coefficient (Wildman–Crippen LogP) is 1.27. The van der Waals surface area contributed by atoms with Gasteiger partial charge in [-0.3, -0.25) is 14.8 Å². The van der Waals surface area contributed by atoms with Gasteiger partial charge in [-0.25, -0.2) is 8.42 Å². The lowest BCUT2D eigenvalue weighted by atomic mass is 10.2. The van der Waals surface area contributed by atoms with E-state index in [1.165, 1.54) is 12.1 Å². The number of hydrogen-bond donors (Lipinski definition) is 1. The fourth-order valence-corrected chi connectivity index (χ4v) is 1.65. The van der Waals surface area contributed by atoms with E-state index in [0.717, 1.165) is 11.8 Å². The summed E-state index contributed by atoms with van der Waals surface area (Å²) < 4.78 is 24.0. The van der Waals surface area contributed by atoms with E-state index in [1.54, 1.807) is 13.0 Å². The van der Waals surface area contributed by atoms with Crippen LogP contribution in [0.5, 0.6) is 0 Å². The highest BCUT2D eigenvalue weighted by atomic mass is 32.2. The zero-order valence-electron chi connectivity index (χ0n) is 8.22. The van der Waals surface area contributed by atoms with Crippen LogP contribution in [0, 0.1) is 17.0 Å². The highest BCUT2D eigenvalue weighted by Crippen LogP contribution is 2.25. The van der Waals surface area contributed by atoms with Gasteiger partial charge in [-0.1, -0.05) is 6.07 Å². The van der Waals surface area contributed by atoms with Crippen molar-refractivity contribution in [3.05, 3.63) is 33.9 Å². The number of nitro benzene ring substituents is 1. The Balaban J connectivity index is 3.25. The molecule has 1 N–H and O–H groups in total. The van der Waals surface area contributed by atoms with Gasteiger partial charge in [0.2, 0.25) is 10.0 Å². The van der Waals surface area contributed by atoms with E-state index in [0.29, 0.717) is 0 Å². The second-order valence-electron chi connectivity index (χ2n) is 3.15. The molecule has 0 saturated carbocycles. The van der Waals surface area contributed by atoms with Crippen molar-refractivity contribution in [1.82, 2.24) is 0 Å². The first-order valence-corrected chi connectivity index (χ1v) is 5.91. The maximum absolute atomic E-state index is 11.0. The van der Waals surface area contributed by atoms with E-state index in [4.69, 9.17) is 0 Å². The molecule has 0 aliphatic rings. The second-order valence-corrected chi connectivity index (χ2v) is 4.90. The number of nitro groups is 1. The summed E-state index contributed by atoms with van der Waals surface area (Å²) in [6.45, 7) is 1.72. The quantitative estimate of drug-likeness (QED) is 0.625. The molecule has 0 fully saturated rings. The highest BCUT2D eigenvalue weighted by molar-refractivity contribution is 7.92. The molecule has 0 aliphatic carbocycles. The molecule has 0 atom stereocenters. The minimum Gasteiger partial charge on any atom is -0.277 e. The Hall–Kier alpha value is -1.63. The maximum atomic E-state index is 11.0. The van der Waals surface area contributed by atoms with Gasteiger partial charge in [-0.2, -0.15) is 0 Å². The van der Waals surface area contributed by atoms with E-state index in [1.807, 2.05) is 0 Å². The van der Waals surface area contributed by atoms with E-state index >= 15 is 0 Å². The summed E-state index contributed by atoms with van der Waals surface area (Å²) in [4.78, 5) is 9.96. The van der Waals surface area contributed by atoms with Crippen molar-refractivity contribution in [3.63, 3.8) is 0 Å². The molecule has 7 heteroatoms. The molecule has 15 heavy (non-hydrogen) atoms. The first-order valence-electron chi connectivity index (χ1n) is 4.02. The lowest BCUT2D eigenvalue weighted by molar-refractivity contribution is -0.383. The number of hydrogen-bond acceptors (Lipinski definition) is 4. The molecule has 0 aliphatic heterocycles. The van der Waals surface area contributed by atoms with Gasteiger partial charge in [0.1, 0.15) is 5.69 Å². The Labute approximate surface area is 87.1 Å². The van der Waals surface area contributed by atoms with E-state index in [9.17, 15) is 18.5 Å². The lowest BCUT2D eigenvalue weighted by Crippen LogP contribution is -2.11. The first kappa shape index (κ1) is 11.4. The Kier molecular flexibility index (Phi) is 2.94. The molecule has 0 bridgehead atoms. The molecule has 0 amide bonds. The van der Waals surface area contributed by atoms with Crippen LogP contribution >= 0.6 is 0 Å². The summed E-state index contributed by atoms with van der Waals surface area (Å²) in [5.41, 5.74) is 0.472. The number of sulfonamides is 1. The Morgan fingerprint density at radius 2 is 2.00 bits per heavy atom. The summed E-state index contributed by atoms with van der Waals surface area (Å²) in [5, 5.41) is 10.6. The number of rotatable bonds is 3. The van der Waals surface area contributed by atoms with Gasteiger partial charge in [0, 0.05) is 6.07 Å². The van der Waals surface area contributed by atoms with Crippen molar-refractivity contribution in [2.24, 2.45) is 0 Å². The lowest BCUT2D eigenvalue weighted by Gasteiger charge is -2.05. The molecule has 1 rings (SSSR count). The molecule has 82 valence electrons. The van der Waals surface area contributed by atoms with Gasteiger partial charge in [0.15, 0.2) is 0 Å². The van der Waals surface area contributed by atoms with Crippen molar-refractivity contribution < 1.29 is 13.3 Å². The molecule has 0 aromatic heterocycles. The third-order valence-electron chi connectivity index (χ3n) is 1.64. The van der Waals surface area contributed by atoms with Crippen molar-refractivity contribution in [3.8, 4) is 0 Å². The zero-order valence-corrected chi connectivity index (χ0v) is 9.04. The van der Waals surface area contributed by atoms with Crippen LogP contribution in [0.3, 0.4) is 0 Å². The number of benzene rings is 1. The van der Waals surface area contributed by atoms with Crippen LogP contribution in [0.2, 0.25) is 0 Å². The normalized spacial score (nSPS) is 11.1. The third-order valence-corrected chi connectivity index (χ3v) is 2.23. The molecular weight excluding hydrogens is 220 g/mol. The van der Waals surface area contributed by atoms with Crippen LogP contribution in [-0.4, -0.2) is 19.6 Å². The van der Waals surface area contributed by atoms with E-state index in [2.05, 4.69) is 4.72 Å². The summed E-state index contributed by atoms with van der Waals surface area (Å²) in [7, 11) is -3.50. The summed E-state index contributed by atoms with van der Waals surface area (Å²) >= 11 is 0. The average Bonchev–Trinajstić information content (AvgIpc) is 1.99. The summed E-state index contributed by atoms with van der Waals surface area (Å²) in [6.07, 6.45) is 0.944. The average molecular weight is 230 g/mol. The van der Waals surface area contributed by atoms with E-state index in [-0.39, 0.29) is 11.4 Å². The van der Waals surface area contributed by atoms with Crippen molar-refractivity contribution >= 4 is 21.4 Å². The summed E-state index contributed by atoms with van der Waals surface area (Å²) in [5.74, 6) is 0. The Morgan fingerprint density at radius 1 is 1.40 bits per heavy atom. The Morgan fingerprint density at radius 3 is 2.47 bits per heavy atom.